The van der Waals surface area contributed by atoms with Crippen LogP contribution in [0.3, 0.4) is 0 Å². The maximum absolute atomic E-state index is 13.0. The second kappa shape index (κ2) is 11.4. The number of aliphatic carboxylic acids is 1. The maximum atomic E-state index is 13.0. The number of carboxylic acids is 1. The van der Waals surface area contributed by atoms with Gasteiger partial charge in [-0.15, -0.1) is 5.10 Å². The van der Waals surface area contributed by atoms with E-state index >= 15 is 0 Å². The van der Waals surface area contributed by atoms with Gasteiger partial charge < -0.3 is 14.9 Å². The highest BCUT2D eigenvalue weighted by atomic mass is 32.1. The first-order valence-electron chi connectivity index (χ1n) is 11.2. The first kappa shape index (κ1) is 28.0. The van der Waals surface area contributed by atoms with Gasteiger partial charge in [-0.2, -0.15) is 13.2 Å². The van der Waals surface area contributed by atoms with Crippen LogP contribution in [0.15, 0.2) is 0 Å². The van der Waals surface area contributed by atoms with Crippen LogP contribution in [0.25, 0.3) is 0 Å². The Labute approximate surface area is 201 Å². The molecular formula is C21H32F3N5O4S. The van der Waals surface area contributed by atoms with Crippen molar-refractivity contribution >= 4 is 29.3 Å². The Hall–Kier alpha value is -2.28. The average Bonchev–Trinajstić information content (AvgIpc) is 3.31. The summed E-state index contributed by atoms with van der Waals surface area (Å²) in [5, 5.41) is 11.2. The molecule has 0 radical (unpaired) electrons. The van der Waals surface area contributed by atoms with Gasteiger partial charge in [0.1, 0.15) is 0 Å². The standard InChI is InChI=1S/C19H31N5O2S.C2HF3O2/c1-14(2)17-16(20-21-27-17)18(26)23-10-5-7-19(9-12-23)8-6-11-24(19)13-15(25)22(3)4;3-2(4,5)1(6)7/h14H,5-13H2,1-4H3;(H,6,7). The van der Waals surface area contributed by atoms with Crippen molar-refractivity contribution < 1.29 is 32.7 Å². The quantitative estimate of drug-likeness (QED) is 0.668. The molecule has 2 saturated heterocycles. The predicted octanol–water partition coefficient (Wildman–Crippen LogP) is 2.84. The van der Waals surface area contributed by atoms with E-state index in [4.69, 9.17) is 9.90 Å². The number of nitrogens with zero attached hydrogens (tertiary/aromatic N) is 5. The highest BCUT2D eigenvalue weighted by molar-refractivity contribution is 7.05. The molecule has 192 valence electrons. The monoisotopic (exact) mass is 507 g/mol. The average molecular weight is 508 g/mol. The van der Waals surface area contributed by atoms with Crippen molar-refractivity contribution in [2.45, 2.75) is 63.6 Å². The number of amides is 2. The third-order valence-corrected chi connectivity index (χ3v) is 7.28. The molecule has 1 atom stereocenters. The number of alkyl halides is 3. The summed E-state index contributed by atoms with van der Waals surface area (Å²) in [5.41, 5.74) is 0.582. The summed E-state index contributed by atoms with van der Waals surface area (Å²) in [6.45, 7) is 7.07. The van der Waals surface area contributed by atoms with E-state index in [9.17, 15) is 22.8 Å². The zero-order chi connectivity index (χ0) is 25.7. The van der Waals surface area contributed by atoms with Crippen LogP contribution >= 0.6 is 11.5 Å². The number of likely N-dealkylation sites (tertiary alicyclic amines) is 2. The van der Waals surface area contributed by atoms with E-state index < -0.39 is 12.1 Å². The molecule has 1 unspecified atom stereocenters. The predicted molar refractivity (Wildman–Crippen MR) is 120 cm³/mol. The van der Waals surface area contributed by atoms with Gasteiger partial charge in [0.25, 0.3) is 5.91 Å². The Morgan fingerprint density at radius 1 is 1.12 bits per heavy atom. The van der Waals surface area contributed by atoms with Crippen LogP contribution in [0.2, 0.25) is 0 Å². The van der Waals surface area contributed by atoms with Crippen molar-refractivity contribution in [3.63, 3.8) is 0 Å². The molecule has 13 heteroatoms. The van der Waals surface area contributed by atoms with Crippen LogP contribution in [0, 0.1) is 0 Å². The molecule has 34 heavy (non-hydrogen) atoms. The molecule has 3 heterocycles. The van der Waals surface area contributed by atoms with Crippen molar-refractivity contribution in [2.75, 3.05) is 40.3 Å². The van der Waals surface area contributed by atoms with Crippen LogP contribution < -0.4 is 0 Å². The van der Waals surface area contributed by atoms with E-state index in [2.05, 4.69) is 28.3 Å². The summed E-state index contributed by atoms with van der Waals surface area (Å²) < 4.78 is 35.7. The third kappa shape index (κ3) is 6.87. The summed E-state index contributed by atoms with van der Waals surface area (Å²) in [6, 6.07) is 0. The molecular weight excluding hydrogens is 475 g/mol. The summed E-state index contributed by atoms with van der Waals surface area (Å²) >= 11 is 1.32. The molecule has 1 N–H and O–H groups in total. The van der Waals surface area contributed by atoms with Crippen molar-refractivity contribution in [1.29, 1.82) is 0 Å². The van der Waals surface area contributed by atoms with Gasteiger partial charge in [-0.3, -0.25) is 14.5 Å². The van der Waals surface area contributed by atoms with Gasteiger partial charge in [0.15, 0.2) is 5.69 Å². The van der Waals surface area contributed by atoms with Gasteiger partial charge >= 0.3 is 12.1 Å². The molecule has 0 aromatic carbocycles. The van der Waals surface area contributed by atoms with Gasteiger partial charge in [-0.1, -0.05) is 18.3 Å². The zero-order valence-corrected chi connectivity index (χ0v) is 20.7. The Morgan fingerprint density at radius 3 is 2.24 bits per heavy atom. The number of carbonyl (C=O) groups is 3. The van der Waals surface area contributed by atoms with Crippen LogP contribution in [0.1, 0.15) is 67.2 Å². The minimum Gasteiger partial charge on any atom is -0.475 e. The van der Waals surface area contributed by atoms with Gasteiger partial charge in [-0.25, -0.2) is 4.79 Å². The molecule has 2 amide bonds. The molecule has 1 spiro atoms. The normalized spacial score (nSPS) is 21.2. The maximum Gasteiger partial charge on any atom is 0.490 e. The molecule has 1 aromatic heterocycles. The van der Waals surface area contributed by atoms with Gasteiger partial charge in [0.2, 0.25) is 5.91 Å². The molecule has 2 aliphatic rings. The topological polar surface area (TPSA) is 107 Å². The Balaban J connectivity index is 0.000000509. The number of hydrogen-bond acceptors (Lipinski definition) is 7. The highest BCUT2D eigenvalue weighted by Gasteiger charge is 2.43. The number of likely N-dealkylation sites (N-methyl/N-ethyl adjacent to an activating group) is 1. The minimum atomic E-state index is -5.08. The van der Waals surface area contributed by atoms with Crippen LogP contribution in [0.5, 0.6) is 0 Å². The summed E-state index contributed by atoms with van der Waals surface area (Å²) in [7, 11) is 3.62. The van der Waals surface area contributed by atoms with Crippen LogP contribution in [0.4, 0.5) is 13.2 Å². The minimum absolute atomic E-state index is 0.0124. The van der Waals surface area contributed by atoms with E-state index in [1.54, 1.807) is 4.90 Å². The number of aromatic nitrogens is 2. The molecule has 2 fully saturated rings. The Bertz CT molecular complexity index is 877. The first-order valence-corrected chi connectivity index (χ1v) is 11.9. The molecule has 3 rings (SSSR count). The van der Waals surface area contributed by atoms with Gasteiger partial charge in [0.05, 0.1) is 11.4 Å². The molecule has 9 nitrogen and oxygen atoms in total. The lowest BCUT2D eigenvalue weighted by Gasteiger charge is -2.38. The largest absolute Gasteiger partial charge is 0.490 e. The Kier molecular flexibility index (Phi) is 9.40. The first-order chi connectivity index (χ1) is 15.8. The Morgan fingerprint density at radius 2 is 1.71 bits per heavy atom. The lowest BCUT2D eigenvalue weighted by molar-refractivity contribution is -0.192. The molecule has 0 aliphatic carbocycles. The molecule has 0 saturated carbocycles. The number of rotatable bonds is 4. The summed E-state index contributed by atoms with van der Waals surface area (Å²) in [5.74, 6) is -2.33. The van der Waals surface area contributed by atoms with E-state index in [1.807, 2.05) is 19.0 Å². The smallest absolute Gasteiger partial charge is 0.475 e. The van der Waals surface area contributed by atoms with Gasteiger partial charge in [-0.05, 0) is 56.1 Å². The molecule has 0 bridgehead atoms. The number of hydrogen-bond donors (Lipinski definition) is 1. The van der Waals surface area contributed by atoms with E-state index in [1.165, 1.54) is 11.5 Å². The summed E-state index contributed by atoms with van der Waals surface area (Å²) in [4.78, 5) is 41.1. The van der Waals surface area contributed by atoms with Gasteiger partial charge in [0, 0.05) is 32.7 Å². The fourth-order valence-corrected chi connectivity index (χ4v) is 5.00. The second-order valence-corrected chi connectivity index (χ2v) is 9.91. The van der Waals surface area contributed by atoms with Crippen molar-refractivity contribution in [3.05, 3.63) is 10.6 Å². The number of carboxylic acid groups (broad SMARTS) is 1. The molecule has 1 aromatic rings. The highest BCUT2D eigenvalue weighted by Crippen LogP contribution is 2.38. The zero-order valence-electron chi connectivity index (χ0n) is 19.9. The van der Waals surface area contributed by atoms with Crippen LogP contribution in [-0.2, 0) is 9.59 Å². The lowest BCUT2D eigenvalue weighted by atomic mass is 9.87. The van der Waals surface area contributed by atoms with Crippen molar-refractivity contribution in [3.8, 4) is 0 Å². The number of carbonyl (C=O) groups excluding carboxylic acids is 2. The van der Waals surface area contributed by atoms with Crippen molar-refractivity contribution in [1.82, 2.24) is 24.3 Å². The molecule has 2 aliphatic heterocycles. The number of halogens is 3. The summed E-state index contributed by atoms with van der Waals surface area (Å²) in [6.07, 6.45) is 0.0955. The van der Waals surface area contributed by atoms with E-state index in [0.29, 0.717) is 12.2 Å². The van der Waals surface area contributed by atoms with Crippen LogP contribution in [-0.4, -0.2) is 99.2 Å². The SMILES string of the molecule is CC(C)c1snnc1C(=O)N1CCCC2(CCCN2CC(=O)N(C)C)CC1.O=C(O)C(F)(F)F. The van der Waals surface area contributed by atoms with Crippen molar-refractivity contribution in [2.24, 2.45) is 0 Å². The van der Waals surface area contributed by atoms with E-state index in [-0.39, 0.29) is 23.3 Å². The lowest BCUT2D eigenvalue weighted by Crippen LogP contribution is -2.48. The fraction of sp³-hybridized carbons (Fsp3) is 0.762. The van der Waals surface area contributed by atoms with E-state index in [0.717, 1.165) is 56.6 Å². The fourth-order valence-electron chi connectivity index (χ4n) is 4.37. The third-order valence-electron chi connectivity index (χ3n) is 6.25. The second-order valence-electron chi connectivity index (χ2n) is 9.13.